The largest absolute Gasteiger partial charge is 0.393 e. The molecular weight excluding hydrogens is 784 g/mol. The Morgan fingerprint density at radius 1 is 0.750 bits per heavy atom. The summed E-state index contributed by atoms with van der Waals surface area (Å²) in [4.78, 5) is 0. The van der Waals surface area contributed by atoms with Crippen molar-refractivity contribution in [3.05, 3.63) is 23.8 Å². The molecule has 0 radical (unpaired) electrons. The molecule has 0 unspecified atom stereocenters. The average Bonchev–Trinajstić information content (AvgIpc) is 3.66. The highest BCUT2D eigenvalue weighted by Crippen LogP contribution is 2.71. The number of aliphatic hydroxyl groups excluding tert-OH is 8. The van der Waals surface area contributed by atoms with Crippen molar-refractivity contribution in [1.82, 2.24) is 0 Å². The Balaban J connectivity index is 0.927. The molecule has 0 aromatic rings. The van der Waals surface area contributed by atoms with Crippen molar-refractivity contribution in [3.63, 3.8) is 0 Å². The molecule has 340 valence electrons. The molecule has 0 amide bonds. The fraction of sp³-hybridized carbons (Fsp3) is 0.909. The fourth-order valence-corrected chi connectivity index (χ4v) is 13.6. The third-order valence-corrected chi connectivity index (χ3v) is 17.1. The number of allylic oxidation sites excluding steroid dienone is 1. The Labute approximate surface area is 351 Å². The van der Waals surface area contributed by atoms with Crippen LogP contribution in [-0.4, -0.2) is 164 Å². The van der Waals surface area contributed by atoms with Crippen LogP contribution in [-0.2, 0) is 37.9 Å². The van der Waals surface area contributed by atoms with Gasteiger partial charge in [-0.25, -0.2) is 0 Å². The Bertz CT molecular complexity index is 1620. The van der Waals surface area contributed by atoms with Gasteiger partial charge in [0.25, 0.3) is 0 Å². The van der Waals surface area contributed by atoms with E-state index in [1.807, 2.05) is 0 Å². The van der Waals surface area contributed by atoms with E-state index in [2.05, 4.69) is 33.4 Å². The number of ether oxygens (including phenoxy) is 8. The van der Waals surface area contributed by atoms with E-state index in [4.69, 9.17) is 37.9 Å². The maximum absolute atomic E-state index is 11.9. The highest BCUT2D eigenvalue weighted by molar-refractivity contribution is 5.29. The predicted octanol–water partition coefficient (Wildman–Crippen LogP) is 0.772. The molecule has 5 heterocycles. The molecule has 8 fully saturated rings. The van der Waals surface area contributed by atoms with E-state index < -0.39 is 109 Å². The van der Waals surface area contributed by atoms with Crippen LogP contribution in [0.3, 0.4) is 0 Å². The van der Waals surface area contributed by atoms with Crippen molar-refractivity contribution in [2.75, 3.05) is 13.2 Å². The van der Waals surface area contributed by atoms with Gasteiger partial charge in [0.05, 0.1) is 43.7 Å². The van der Waals surface area contributed by atoms with E-state index >= 15 is 0 Å². The molecule has 0 aromatic heterocycles. The van der Waals surface area contributed by atoms with E-state index in [0.29, 0.717) is 37.2 Å². The van der Waals surface area contributed by atoms with Crippen LogP contribution in [0, 0.1) is 40.4 Å². The van der Waals surface area contributed by atoms with Crippen molar-refractivity contribution in [3.8, 4) is 0 Å². The normalized spacial score (nSPS) is 58.0. The van der Waals surface area contributed by atoms with Crippen LogP contribution in [0.4, 0.5) is 0 Å². The minimum absolute atomic E-state index is 0.0739. The zero-order chi connectivity index (χ0) is 42.8. The van der Waals surface area contributed by atoms with Crippen LogP contribution in [0.2, 0.25) is 0 Å². The van der Waals surface area contributed by atoms with Gasteiger partial charge < -0.3 is 78.7 Å². The van der Waals surface area contributed by atoms with Crippen molar-refractivity contribution in [2.45, 2.75) is 196 Å². The van der Waals surface area contributed by atoms with Crippen LogP contribution in [0.25, 0.3) is 0 Å². The summed E-state index contributed by atoms with van der Waals surface area (Å²) in [6.45, 7) is 14.5. The summed E-state index contributed by atoms with van der Waals surface area (Å²) in [6, 6.07) is 0. The zero-order valence-corrected chi connectivity index (χ0v) is 35.4. The highest BCUT2D eigenvalue weighted by atomic mass is 16.8. The third-order valence-electron chi connectivity index (χ3n) is 17.1. The van der Waals surface area contributed by atoms with Gasteiger partial charge in [0.1, 0.15) is 54.9 Å². The Kier molecular flexibility index (Phi) is 11.8. The summed E-state index contributed by atoms with van der Waals surface area (Å²) in [5.41, 5.74) is 1.86. The molecule has 60 heavy (non-hydrogen) atoms. The summed E-state index contributed by atoms with van der Waals surface area (Å²) in [7, 11) is 0. The Morgan fingerprint density at radius 3 is 2.17 bits per heavy atom. The molecule has 9 aliphatic rings. The summed E-state index contributed by atoms with van der Waals surface area (Å²) < 4.78 is 49.8. The quantitative estimate of drug-likeness (QED) is 0.172. The first kappa shape index (κ1) is 44.1. The van der Waals surface area contributed by atoms with Crippen molar-refractivity contribution in [2.24, 2.45) is 40.4 Å². The Morgan fingerprint density at radius 2 is 1.45 bits per heavy atom. The second-order valence-electron chi connectivity index (χ2n) is 20.3. The summed E-state index contributed by atoms with van der Waals surface area (Å²) >= 11 is 0. The number of hydrogen-bond donors (Lipinski definition) is 8. The van der Waals surface area contributed by atoms with E-state index in [-0.39, 0.29) is 30.0 Å². The van der Waals surface area contributed by atoms with Gasteiger partial charge in [0.2, 0.25) is 0 Å². The van der Waals surface area contributed by atoms with E-state index in [1.54, 1.807) is 6.92 Å². The monoisotopic (exact) mass is 852 g/mol. The Hall–Kier alpha value is -1.16. The van der Waals surface area contributed by atoms with E-state index in [1.165, 1.54) is 6.92 Å². The fourth-order valence-electron chi connectivity index (χ4n) is 13.6. The lowest BCUT2D eigenvalue weighted by Crippen LogP contribution is -2.65. The second kappa shape index (κ2) is 16.1. The number of aliphatic hydroxyl groups is 8. The molecule has 25 atom stereocenters. The smallest absolute Gasteiger partial charge is 0.187 e. The molecular formula is C44H68O16. The van der Waals surface area contributed by atoms with Gasteiger partial charge in [-0.2, -0.15) is 0 Å². The summed E-state index contributed by atoms with van der Waals surface area (Å²) in [5, 5.41) is 87.4. The highest BCUT2D eigenvalue weighted by Gasteiger charge is 2.69. The maximum atomic E-state index is 11.9. The number of hydrogen-bond acceptors (Lipinski definition) is 16. The molecule has 16 heteroatoms. The van der Waals surface area contributed by atoms with Gasteiger partial charge in [0, 0.05) is 24.2 Å². The van der Waals surface area contributed by atoms with Crippen molar-refractivity contribution >= 4 is 0 Å². The van der Waals surface area contributed by atoms with Gasteiger partial charge in [-0.3, -0.25) is 0 Å². The van der Waals surface area contributed by atoms with Gasteiger partial charge in [-0.05, 0) is 81.5 Å². The molecule has 0 bridgehead atoms. The number of rotatable bonds is 6. The van der Waals surface area contributed by atoms with E-state index in [0.717, 1.165) is 49.7 Å². The molecule has 5 aliphatic heterocycles. The minimum atomic E-state index is -1.72. The topological polar surface area (TPSA) is 236 Å². The van der Waals surface area contributed by atoms with Gasteiger partial charge in [-0.15, -0.1) is 0 Å². The van der Waals surface area contributed by atoms with Crippen LogP contribution in [0.1, 0.15) is 86.0 Å². The molecule has 9 rings (SSSR count). The molecule has 1 spiro atoms. The third kappa shape index (κ3) is 6.94. The molecule has 8 N–H and O–H groups in total. The van der Waals surface area contributed by atoms with Gasteiger partial charge in [-0.1, -0.05) is 44.6 Å². The lowest BCUT2D eigenvalue weighted by Gasteiger charge is -2.60. The van der Waals surface area contributed by atoms with Crippen molar-refractivity contribution < 1.29 is 78.7 Å². The first-order chi connectivity index (χ1) is 28.4. The van der Waals surface area contributed by atoms with Gasteiger partial charge >= 0.3 is 0 Å². The lowest BCUT2D eigenvalue weighted by atomic mass is 9.46. The van der Waals surface area contributed by atoms with Gasteiger partial charge in [0.15, 0.2) is 24.7 Å². The first-order valence-electron chi connectivity index (χ1n) is 22.4. The molecule has 4 aliphatic carbocycles. The summed E-state index contributed by atoms with van der Waals surface area (Å²) in [6.07, 6.45) is -12.2. The van der Waals surface area contributed by atoms with Crippen LogP contribution in [0.15, 0.2) is 23.8 Å². The molecule has 0 aromatic carbocycles. The molecule has 3 saturated carbocycles. The SMILES string of the molecule is C=C1CC[C@@]2(OC1)O[C@H]1C[C@H]3[C@@H]4CC=C5C[C@@H](O)C[C@@H](O[C@@H]6O[C@H](C)[C@H](O)[C@H](O[C@@H]7OC[C@@H](O)[C@H](O)[C@H]7O[C@@H]7O[C@@H](C)[C@H](O)[C@@H](O)[C@H]7O)[C@H]6O)[C@]5(C)[C@H]4CC[C@]3(C)[C@H]1[C@@H]2C. The zero-order valence-electron chi connectivity index (χ0n) is 35.4. The second-order valence-corrected chi connectivity index (χ2v) is 20.3. The van der Waals surface area contributed by atoms with Crippen molar-refractivity contribution in [1.29, 1.82) is 0 Å². The van der Waals surface area contributed by atoms with Crippen LogP contribution < -0.4 is 0 Å². The van der Waals surface area contributed by atoms with Crippen LogP contribution >= 0.6 is 0 Å². The first-order valence-corrected chi connectivity index (χ1v) is 22.4. The lowest BCUT2D eigenvalue weighted by molar-refractivity contribution is -0.379. The average molecular weight is 853 g/mol. The molecule has 16 nitrogen and oxygen atoms in total. The van der Waals surface area contributed by atoms with Crippen LogP contribution in [0.5, 0.6) is 0 Å². The molecule has 5 saturated heterocycles. The maximum Gasteiger partial charge on any atom is 0.187 e. The minimum Gasteiger partial charge on any atom is -0.393 e. The standard InChI is InChI=1S/C44H68O16/c1-18-9-12-44(54-16-18)19(2)30-28(60-44)15-26-24-8-7-22-13-23(45)14-29(43(22,6)25(24)10-11-42(26,30)5)57-40-36(52)37(32(48)21(4)56-40)58-41-38(33(49)27(46)17-53-41)59-39-35(51)34(50)31(47)20(3)55-39/h7,19-21,23-41,45-52H,1,8-17H2,2-6H3/t19-,20-,21+,23+,24+,25-,26-,27+,28-,29+,30-,31-,32-,33-,34+,35+,36+,37-,38+,39-,40-,41-,42-,43-,44+/m0/s1. The van der Waals surface area contributed by atoms with E-state index in [9.17, 15) is 40.9 Å². The number of fused-ring (bicyclic) bond motifs is 7. The summed E-state index contributed by atoms with van der Waals surface area (Å²) in [5.74, 6) is 1.12. The predicted molar refractivity (Wildman–Crippen MR) is 208 cm³/mol.